The van der Waals surface area contributed by atoms with Crippen LogP contribution in [0.4, 0.5) is 11.4 Å². The fourth-order valence-corrected chi connectivity index (χ4v) is 9.64. The molecule has 2 saturated heterocycles. The molecule has 70 heavy (non-hydrogen) atoms. The van der Waals surface area contributed by atoms with Crippen LogP contribution in [0.25, 0.3) is 31.9 Å². The van der Waals surface area contributed by atoms with Gasteiger partial charge in [0, 0.05) is 70.6 Å². The summed E-state index contributed by atoms with van der Waals surface area (Å²) in [7, 11) is 0. The Morgan fingerprint density at radius 2 is 0.814 bits per heavy atom. The first kappa shape index (κ1) is 51.3. The number of halogens is 2. The zero-order valence-electron chi connectivity index (χ0n) is 41.0. The highest BCUT2D eigenvalue weighted by atomic mass is 35.5. The van der Waals surface area contributed by atoms with Gasteiger partial charge in [0.15, 0.2) is 0 Å². The summed E-state index contributed by atoms with van der Waals surface area (Å²) in [6.07, 6.45) is 3.76. The highest BCUT2D eigenvalue weighted by Gasteiger charge is 2.35. The van der Waals surface area contributed by atoms with Crippen LogP contribution in [0.15, 0.2) is 146 Å². The fraction of sp³-hybridized carbons (Fsp3) is 0.333. The van der Waals surface area contributed by atoms with Gasteiger partial charge in [0.1, 0.15) is 11.2 Å². The van der Waals surface area contributed by atoms with Gasteiger partial charge in [-0.3, -0.25) is 0 Å². The number of rotatable bonds is 10. The monoisotopic (exact) mass is 972 g/mol. The van der Waals surface area contributed by atoms with Gasteiger partial charge in [0.05, 0.1) is 11.1 Å². The minimum atomic E-state index is -0.511. The van der Waals surface area contributed by atoms with E-state index in [-0.39, 0.29) is 24.0 Å². The number of piperidine rings is 2. The lowest BCUT2D eigenvalue weighted by molar-refractivity contribution is 0.00570. The summed E-state index contributed by atoms with van der Waals surface area (Å²) >= 11 is 12.2. The second kappa shape index (κ2) is 22.9. The van der Waals surface area contributed by atoms with E-state index in [1.165, 1.54) is 0 Å². The molecule has 0 amide bonds. The topological polar surface area (TPSA) is 67.8 Å². The molecule has 8 rings (SSSR count). The van der Waals surface area contributed by atoms with E-state index in [4.69, 9.17) is 45.8 Å². The first-order chi connectivity index (χ1) is 33.5. The van der Waals surface area contributed by atoms with Crippen molar-refractivity contribution in [2.45, 2.75) is 90.5 Å². The van der Waals surface area contributed by atoms with Gasteiger partial charge in [-0.15, -0.1) is 0 Å². The first-order valence-electron chi connectivity index (χ1n) is 24.1. The molecule has 2 atom stereocenters. The number of carbonyl (C=O) groups excluding carboxylic acids is 2. The lowest BCUT2D eigenvalue weighted by Gasteiger charge is -2.34. The van der Waals surface area contributed by atoms with Gasteiger partial charge >= 0.3 is 11.9 Å². The van der Waals surface area contributed by atoms with Crippen LogP contribution >= 0.6 is 23.2 Å². The van der Waals surface area contributed by atoms with E-state index in [1.807, 2.05) is 163 Å². The van der Waals surface area contributed by atoms with Crippen molar-refractivity contribution >= 4 is 46.5 Å². The summed E-state index contributed by atoms with van der Waals surface area (Å²) in [4.78, 5) is 37.5. The molecule has 0 radical (unpaired) electrons. The number of ether oxygens (including phenoxy) is 2. The van der Waals surface area contributed by atoms with Gasteiger partial charge in [-0.2, -0.15) is 0 Å². The Morgan fingerprint density at radius 3 is 1.11 bits per heavy atom. The van der Waals surface area contributed by atoms with Gasteiger partial charge in [-0.1, -0.05) is 96.0 Å². The van der Waals surface area contributed by atoms with Gasteiger partial charge in [-0.05, 0) is 162 Å². The van der Waals surface area contributed by atoms with Gasteiger partial charge in [-0.25, -0.2) is 22.7 Å². The van der Waals surface area contributed by atoms with Crippen LogP contribution in [-0.4, -0.2) is 49.3 Å². The number of nitrogens with zero attached hydrogens (tertiary/aromatic N) is 4. The molecule has 0 spiro atoms. The number of esters is 2. The number of benzene rings is 6. The second-order valence-electron chi connectivity index (χ2n) is 20.1. The average molecular weight is 974 g/mol. The van der Waals surface area contributed by atoms with Crippen LogP contribution in [0.2, 0.25) is 10.0 Å². The summed E-state index contributed by atoms with van der Waals surface area (Å²) < 4.78 is 10.9. The number of carbonyl (C=O) groups is 2. The Hall–Kier alpha value is -6.58. The molecular formula is C60H62Cl2N4O4. The standard InChI is InChI=1S/2C30H31ClN2O2/c2*1-30(2,3)35-29(34)23-11-15-25(16-12-23)33-19-17-22(18-20-33)28(32-4)27-8-6-5-7-26(27)21-9-13-24(31)14-10-21/h2*5-16,22,28H,17-20H2,1-3H3/t2*28-/m10/s1. The maximum absolute atomic E-state index is 12.3. The van der Waals surface area contributed by atoms with Crippen LogP contribution in [0.1, 0.15) is 111 Å². The molecule has 0 unspecified atom stereocenters. The molecule has 0 bridgehead atoms. The predicted octanol–water partition coefficient (Wildman–Crippen LogP) is 15.7. The molecule has 0 N–H and O–H groups in total. The largest absolute Gasteiger partial charge is 0.456 e. The number of hydrogen-bond acceptors (Lipinski definition) is 6. The molecular weight excluding hydrogens is 912 g/mol. The Kier molecular flexibility index (Phi) is 16.8. The Bertz CT molecular complexity index is 2590. The van der Waals surface area contributed by atoms with Crippen LogP contribution in [0.5, 0.6) is 0 Å². The van der Waals surface area contributed by atoms with E-state index in [0.717, 1.165) is 96.6 Å². The van der Waals surface area contributed by atoms with Crippen molar-refractivity contribution in [3.8, 4) is 22.3 Å². The highest BCUT2D eigenvalue weighted by Crippen LogP contribution is 2.42. The lowest BCUT2D eigenvalue weighted by Crippen LogP contribution is -2.35. The van der Waals surface area contributed by atoms with Crippen molar-refractivity contribution in [2.75, 3.05) is 36.0 Å². The van der Waals surface area contributed by atoms with Crippen molar-refractivity contribution in [1.29, 1.82) is 0 Å². The van der Waals surface area contributed by atoms with E-state index < -0.39 is 11.2 Å². The Morgan fingerprint density at radius 1 is 0.500 bits per heavy atom. The second-order valence-corrected chi connectivity index (χ2v) is 21.0. The van der Waals surface area contributed by atoms with E-state index >= 15 is 0 Å². The third-order valence-electron chi connectivity index (χ3n) is 12.9. The maximum atomic E-state index is 12.3. The predicted molar refractivity (Wildman–Crippen MR) is 286 cm³/mol. The lowest BCUT2D eigenvalue weighted by atomic mass is 9.83. The third-order valence-corrected chi connectivity index (χ3v) is 13.4. The molecule has 2 fully saturated rings. The summed E-state index contributed by atoms with van der Waals surface area (Å²) in [5.41, 5.74) is 8.84. The molecule has 8 nitrogen and oxygen atoms in total. The number of anilines is 2. The summed E-state index contributed by atoms with van der Waals surface area (Å²) in [5, 5.41) is 1.42. The van der Waals surface area contributed by atoms with E-state index in [0.29, 0.717) is 33.0 Å². The molecule has 2 aliphatic heterocycles. The third kappa shape index (κ3) is 13.4. The van der Waals surface area contributed by atoms with Gasteiger partial charge in [0.2, 0.25) is 0 Å². The van der Waals surface area contributed by atoms with Gasteiger partial charge in [0.25, 0.3) is 12.1 Å². The van der Waals surface area contributed by atoms with E-state index in [2.05, 4.69) is 43.8 Å². The molecule has 0 aromatic heterocycles. The average Bonchev–Trinajstić information content (AvgIpc) is 3.35. The number of hydrogen-bond donors (Lipinski definition) is 0. The minimum absolute atomic E-state index is 0.182. The molecule has 360 valence electrons. The van der Waals surface area contributed by atoms with Crippen LogP contribution in [0, 0.1) is 25.0 Å². The summed E-state index contributed by atoms with van der Waals surface area (Å²) in [6, 6.07) is 47.1. The Balaban J connectivity index is 0.000000206. The van der Waals surface area contributed by atoms with Crippen molar-refractivity contribution < 1.29 is 19.1 Å². The van der Waals surface area contributed by atoms with Crippen molar-refractivity contribution in [1.82, 2.24) is 0 Å². The highest BCUT2D eigenvalue weighted by molar-refractivity contribution is 6.31. The van der Waals surface area contributed by atoms with Crippen molar-refractivity contribution in [2.24, 2.45) is 11.8 Å². The smallest absolute Gasteiger partial charge is 0.338 e. The van der Waals surface area contributed by atoms with Crippen molar-refractivity contribution in [3.05, 3.63) is 201 Å². The summed E-state index contributed by atoms with van der Waals surface area (Å²) in [5.74, 6) is -0.0273. The molecule has 10 heteroatoms. The van der Waals surface area contributed by atoms with E-state index in [1.54, 1.807) is 0 Å². The first-order valence-corrected chi connectivity index (χ1v) is 24.9. The van der Waals surface area contributed by atoms with Crippen LogP contribution in [-0.2, 0) is 9.47 Å². The zero-order chi connectivity index (χ0) is 50.0. The quantitative estimate of drug-likeness (QED) is 0.101. The fourth-order valence-electron chi connectivity index (χ4n) is 9.39. The summed E-state index contributed by atoms with van der Waals surface area (Å²) in [6.45, 7) is 30.8. The molecule has 2 aliphatic rings. The van der Waals surface area contributed by atoms with Crippen molar-refractivity contribution in [3.63, 3.8) is 0 Å². The molecule has 6 aromatic rings. The zero-order valence-corrected chi connectivity index (χ0v) is 42.5. The van der Waals surface area contributed by atoms with Crippen LogP contribution in [0.3, 0.4) is 0 Å². The SMILES string of the molecule is [C-]#[N+][C@@H](c1ccccc1-c1ccc(Cl)cc1)C1CCN(c2ccc(C(=O)OC(C)(C)C)cc2)CC1.[C-]#[N+][C@H](c1ccccc1-c1ccc(Cl)cc1)C1CCN(c2ccc(C(=O)OC(C)(C)C)cc2)CC1. The molecule has 2 heterocycles. The molecule has 6 aromatic carbocycles. The van der Waals surface area contributed by atoms with Gasteiger partial charge < -0.3 is 29.0 Å². The maximum Gasteiger partial charge on any atom is 0.338 e. The molecule has 0 saturated carbocycles. The minimum Gasteiger partial charge on any atom is -0.456 e. The van der Waals surface area contributed by atoms with Crippen LogP contribution < -0.4 is 9.80 Å². The normalized spacial score (nSPS) is 15.3. The Labute approximate surface area is 424 Å². The van der Waals surface area contributed by atoms with E-state index in [9.17, 15) is 9.59 Å². The molecule has 0 aliphatic carbocycles.